The van der Waals surface area contributed by atoms with E-state index in [-0.39, 0.29) is 22.9 Å². The molecule has 0 bridgehead atoms. The van der Waals surface area contributed by atoms with E-state index < -0.39 is 11.8 Å². The molecular formula is C12H10BrFN2O4. The lowest BCUT2D eigenvalue weighted by Crippen LogP contribution is -1.97. The Bertz CT molecular complexity index is 672. The van der Waals surface area contributed by atoms with Crippen LogP contribution < -0.4 is 9.47 Å². The molecule has 0 atom stereocenters. The van der Waals surface area contributed by atoms with Gasteiger partial charge in [-0.05, 0) is 28.1 Å². The predicted molar refractivity (Wildman–Crippen MR) is 71.7 cm³/mol. The number of carboxylic acids is 1. The highest BCUT2D eigenvalue weighted by molar-refractivity contribution is 9.10. The number of H-pyrrole nitrogens is 1. The lowest BCUT2D eigenvalue weighted by Gasteiger charge is -2.12. The number of nitrogens with zero attached hydrogens (tertiary/aromatic N) is 1. The van der Waals surface area contributed by atoms with Crippen LogP contribution in [0.25, 0.3) is 11.3 Å². The van der Waals surface area contributed by atoms with Gasteiger partial charge in [-0.2, -0.15) is 9.49 Å². The number of methoxy groups -OCH3 is 2. The lowest BCUT2D eigenvalue weighted by molar-refractivity contribution is 0.0690. The van der Waals surface area contributed by atoms with Gasteiger partial charge in [-0.25, -0.2) is 4.79 Å². The number of ether oxygens (including phenoxy) is 2. The summed E-state index contributed by atoms with van der Waals surface area (Å²) in [6.45, 7) is 0. The van der Waals surface area contributed by atoms with Crippen LogP contribution in [0, 0.1) is 5.82 Å². The number of aromatic amines is 1. The maximum absolute atomic E-state index is 14.2. The van der Waals surface area contributed by atoms with Gasteiger partial charge in [0.05, 0.1) is 24.4 Å². The van der Waals surface area contributed by atoms with Crippen LogP contribution in [0.4, 0.5) is 4.39 Å². The van der Waals surface area contributed by atoms with E-state index in [1.165, 1.54) is 20.3 Å². The third-order valence-corrected chi connectivity index (χ3v) is 3.21. The normalized spacial score (nSPS) is 10.4. The summed E-state index contributed by atoms with van der Waals surface area (Å²) in [5.74, 6) is -1.93. The molecule has 106 valence electrons. The molecule has 0 unspecified atom stereocenters. The van der Waals surface area contributed by atoms with E-state index in [0.29, 0.717) is 10.0 Å². The molecule has 0 spiro atoms. The molecule has 6 nitrogen and oxygen atoms in total. The molecule has 2 rings (SSSR count). The molecule has 8 heteroatoms. The van der Waals surface area contributed by atoms with Crippen molar-refractivity contribution in [2.45, 2.75) is 0 Å². The average Bonchev–Trinajstić information content (AvgIpc) is 2.88. The Morgan fingerprint density at radius 1 is 1.35 bits per heavy atom. The van der Waals surface area contributed by atoms with Crippen molar-refractivity contribution in [3.05, 3.63) is 28.1 Å². The molecule has 1 aromatic carbocycles. The van der Waals surface area contributed by atoms with Gasteiger partial charge in [0.2, 0.25) is 5.82 Å². The number of benzene rings is 1. The molecule has 0 amide bonds. The van der Waals surface area contributed by atoms with E-state index in [2.05, 4.69) is 26.1 Å². The van der Waals surface area contributed by atoms with Crippen molar-refractivity contribution in [2.75, 3.05) is 14.2 Å². The third kappa shape index (κ3) is 2.34. The summed E-state index contributed by atoms with van der Waals surface area (Å²) in [6, 6.07) is 2.83. The fourth-order valence-electron chi connectivity index (χ4n) is 1.73. The molecule has 1 heterocycles. The standard InChI is InChI=1S/C12H10BrFN2O4/c1-19-10-5(3-6(13)11(20-2)9(10)14)7-4-8(12(17)18)16-15-7/h3-4H,1-2H3,(H,15,16)(H,17,18). The van der Waals surface area contributed by atoms with Gasteiger partial charge in [0, 0.05) is 5.56 Å². The van der Waals surface area contributed by atoms with Crippen molar-refractivity contribution < 1.29 is 23.8 Å². The first-order chi connectivity index (χ1) is 9.49. The topological polar surface area (TPSA) is 84.4 Å². The van der Waals surface area contributed by atoms with Gasteiger partial charge in [-0.15, -0.1) is 0 Å². The molecule has 0 saturated heterocycles. The average molecular weight is 345 g/mol. The van der Waals surface area contributed by atoms with Crippen molar-refractivity contribution in [3.8, 4) is 22.8 Å². The summed E-state index contributed by atoms with van der Waals surface area (Å²) in [7, 11) is 2.64. The summed E-state index contributed by atoms with van der Waals surface area (Å²) < 4.78 is 24.5. The zero-order chi connectivity index (χ0) is 14.9. The molecule has 0 fully saturated rings. The molecule has 0 aliphatic rings. The number of carbonyl (C=O) groups is 1. The second-order valence-corrected chi connectivity index (χ2v) is 4.61. The number of hydrogen-bond acceptors (Lipinski definition) is 4. The smallest absolute Gasteiger partial charge is 0.353 e. The maximum atomic E-state index is 14.2. The van der Waals surface area contributed by atoms with E-state index in [1.54, 1.807) is 6.07 Å². The Kier molecular flexibility index (Phi) is 3.93. The number of halogens is 2. The number of aromatic nitrogens is 2. The van der Waals surface area contributed by atoms with Gasteiger partial charge in [-0.3, -0.25) is 5.10 Å². The van der Waals surface area contributed by atoms with E-state index >= 15 is 0 Å². The Morgan fingerprint density at radius 3 is 2.50 bits per heavy atom. The van der Waals surface area contributed by atoms with Crippen LogP contribution in [0.1, 0.15) is 10.5 Å². The summed E-state index contributed by atoms with van der Waals surface area (Å²) in [5.41, 5.74) is 0.456. The molecule has 0 aliphatic carbocycles. The highest BCUT2D eigenvalue weighted by Gasteiger charge is 2.22. The van der Waals surface area contributed by atoms with Gasteiger partial charge < -0.3 is 14.6 Å². The minimum atomic E-state index is -1.16. The second kappa shape index (κ2) is 5.49. The first-order valence-electron chi connectivity index (χ1n) is 5.38. The second-order valence-electron chi connectivity index (χ2n) is 3.76. The van der Waals surface area contributed by atoms with Gasteiger partial charge in [0.15, 0.2) is 11.5 Å². The van der Waals surface area contributed by atoms with Crippen molar-refractivity contribution in [1.29, 1.82) is 0 Å². The van der Waals surface area contributed by atoms with Crippen LogP contribution in [0.5, 0.6) is 11.5 Å². The molecule has 2 aromatic rings. The van der Waals surface area contributed by atoms with E-state index in [9.17, 15) is 9.18 Å². The Morgan fingerprint density at radius 2 is 2.00 bits per heavy atom. The number of nitrogens with one attached hydrogen (secondary N) is 1. The fourth-order valence-corrected chi connectivity index (χ4v) is 2.30. The van der Waals surface area contributed by atoms with Gasteiger partial charge >= 0.3 is 5.97 Å². The van der Waals surface area contributed by atoms with Crippen LogP contribution in [-0.4, -0.2) is 35.5 Å². The summed E-state index contributed by atoms with van der Waals surface area (Å²) in [5, 5.41) is 15.0. The SMILES string of the molecule is COc1c(Br)cc(-c2cc(C(=O)O)[nH]n2)c(OC)c1F. The summed E-state index contributed by atoms with van der Waals surface area (Å²) in [4.78, 5) is 10.8. The summed E-state index contributed by atoms with van der Waals surface area (Å²) in [6.07, 6.45) is 0. The van der Waals surface area contributed by atoms with Crippen LogP contribution in [0.2, 0.25) is 0 Å². The monoisotopic (exact) mass is 344 g/mol. The van der Waals surface area contributed by atoms with Gasteiger partial charge in [0.1, 0.15) is 5.69 Å². The zero-order valence-electron chi connectivity index (χ0n) is 10.5. The van der Waals surface area contributed by atoms with E-state index in [4.69, 9.17) is 14.6 Å². The van der Waals surface area contributed by atoms with Crippen LogP contribution in [-0.2, 0) is 0 Å². The van der Waals surface area contributed by atoms with Crippen molar-refractivity contribution in [3.63, 3.8) is 0 Å². The predicted octanol–water partition coefficient (Wildman–Crippen LogP) is 2.69. The van der Waals surface area contributed by atoms with Crippen LogP contribution in [0.15, 0.2) is 16.6 Å². The number of hydrogen-bond donors (Lipinski definition) is 2. The minimum absolute atomic E-state index is 0.000376. The van der Waals surface area contributed by atoms with Crippen LogP contribution in [0.3, 0.4) is 0 Å². The maximum Gasteiger partial charge on any atom is 0.353 e. The van der Waals surface area contributed by atoms with E-state index in [0.717, 1.165) is 0 Å². The molecule has 0 radical (unpaired) electrons. The molecule has 20 heavy (non-hydrogen) atoms. The van der Waals surface area contributed by atoms with Crippen molar-refractivity contribution >= 4 is 21.9 Å². The summed E-state index contributed by atoms with van der Waals surface area (Å²) >= 11 is 3.18. The molecule has 0 aliphatic heterocycles. The quantitative estimate of drug-likeness (QED) is 0.890. The number of aromatic carboxylic acids is 1. The molecule has 2 N–H and O–H groups in total. The van der Waals surface area contributed by atoms with Gasteiger partial charge in [-0.1, -0.05) is 0 Å². The highest BCUT2D eigenvalue weighted by atomic mass is 79.9. The molecule has 0 saturated carbocycles. The first-order valence-corrected chi connectivity index (χ1v) is 6.18. The number of rotatable bonds is 4. The van der Waals surface area contributed by atoms with Gasteiger partial charge in [0.25, 0.3) is 0 Å². The largest absolute Gasteiger partial charge is 0.493 e. The fraction of sp³-hybridized carbons (Fsp3) is 0.167. The minimum Gasteiger partial charge on any atom is -0.493 e. The Balaban J connectivity index is 2.63. The Hall–Kier alpha value is -2.09. The van der Waals surface area contributed by atoms with Crippen molar-refractivity contribution in [1.82, 2.24) is 10.2 Å². The molecule has 1 aromatic heterocycles. The first kappa shape index (κ1) is 14.3. The highest BCUT2D eigenvalue weighted by Crippen LogP contribution is 2.41. The molecular weight excluding hydrogens is 335 g/mol. The van der Waals surface area contributed by atoms with Crippen molar-refractivity contribution in [2.24, 2.45) is 0 Å². The lowest BCUT2D eigenvalue weighted by atomic mass is 10.1. The third-order valence-electron chi connectivity index (χ3n) is 2.62. The van der Waals surface area contributed by atoms with E-state index in [1.807, 2.05) is 0 Å². The zero-order valence-corrected chi connectivity index (χ0v) is 12.1. The van der Waals surface area contributed by atoms with Crippen LogP contribution >= 0.6 is 15.9 Å². The Labute approximate surface area is 121 Å². The number of carboxylic acid groups (broad SMARTS) is 1.